The van der Waals surface area contributed by atoms with Crippen molar-refractivity contribution in [3.8, 4) is 23.8 Å². The Morgan fingerprint density at radius 2 is 1.95 bits per heavy atom. The number of ether oxygens (including phenoxy) is 3. The van der Waals surface area contributed by atoms with Crippen LogP contribution in [0.3, 0.4) is 0 Å². The number of carboxylic acid groups (broad SMARTS) is 1. The fourth-order valence-corrected chi connectivity index (χ4v) is 7.05. The van der Waals surface area contributed by atoms with Gasteiger partial charge in [-0.2, -0.15) is 0 Å². The Bertz CT molecular complexity index is 1460. The van der Waals surface area contributed by atoms with Gasteiger partial charge in [-0.3, -0.25) is 9.69 Å². The average Bonchev–Trinajstić information content (AvgIpc) is 3.75. The SMILES string of the molecule is C#CCOCc1cc2ccc(OC)c(CN3CCC([C@H]4CCc5ccc(C(C6CC6)C(C)C(=O)O)cc5O4)CC3)c2o1. The van der Waals surface area contributed by atoms with Gasteiger partial charge in [0.2, 0.25) is 0 Å². The molecule has 1 saturated heterocycles. The lowest BCUT2D eigenvalue weighted by Gasteiger charge is -2.38. The fraction of sp³-hybridized carbons (Fsp3) is 0.514. The number of benzene rings is 2. The molecule has 1 saturated carbocycles. The average molecular weight is 572 g/mol. The molecule has 3 aromatic rings. The van der Waals surface area contributed by atoms with Crippen molar-refractivity contribution in [2.24, 2.45) is 17.8 Å². The minimum atomic E-state index is -0.717. The van der Waals surface area contributed by atoms with Gasteiger partial charge in [0.15, 0.2) is 0 Å². The van der Waals surface area contributed by atoms with Crippen LogP contribution < -0.4 is 9.47 Å². The molecule has 42 heavy (non-hydrogen) atoms. The molecule has 0 amide bonds. The molecular formula is C35H41NO6. The normalized spacial score (nSPS) is 20.8. The predicted molar refractivity (Wildman–Crippen MR) is 161 cm³/mol. The fourth-order valence-electron chi connectivity index (χ4n) is 7.05. The number of hydrogen-bond acceptors (Lipinski definition) is 6. The van der Waals surface area contributed by atoms with Crippen LogP contribution in [0.25, 0.3) is 11.0 Å². The molecular weight excluding hydrogens is 530 g/mol. The Balaban J connectivity index is 1.10. The number of aliphatic carboxylic acids is 1. The summed E-state index contributed by atoms with van der Waals surface area (Å²) in [7, 11) is 1.70. The minimum absolute atomic E-state index is 0.0576. The van der Waals surface area contributed by atoms with Gasteiger partial charge in [0, 0.05) is 11.9 Å². The van der Waals surface area contributed by atoms with E-state index in [1.165, 1.54) is 5.56 Å². The standard InChI is InChI=1S/C35H41NO6/c1-4-17-40-21-28-18-27-10-12-31(39-3)29(34(27)41-28)20-36-15-13-24(14-16-36)30-11-9-23-5-8-26(19-32(23)42-30)33(25-6-7-25)22(2)35(37)38/h1,5,8,10,12,18-19,22,24-25,30,33H,6-7,9,11,13-17,20-21H2,2-3H3,(H,37,38)/t22?,30-,33?/m1/s1. The smallest absolute Gasteiger partial charge is 0.306 e. The summed E-state index contributed by atoms with van der Waals surface area (Å²) in [5, 5.41) is 10.8. The number of terminal acetylenes is 1. The number of carbonyl (C=O) groups is 1. The van der Waals surface area contributed by atoms with E-state index >= 15 is 0 Å². The third-order valence-electron chi connectivity index (χ3n) is 9.50. The number of rotatable bonds is 11. The highest BCUT2D eigenvalue weighted by atomic mass is 16.5. The van der Waals surface area contributed by atoms with Crippen LogP contribution in [0, 0.1) is 30.1 Å². The van der Waals surface area contributed by atoms with E-state index in [4.69, 9.17) is 25.1 Å². The highest BCUT2D eigenvalue weighted by molar-refractivity contribution is 5.83. The number of likely N-dealkylation sites (tertiary alicyclic amines) is 1. The summed E-state index contributed by atoms with van der Waals surface area (Å²) in [6.45, 7) is 5.17. The summed E-state index contributed by atoms with van der Waals surface area (Å²) in [6, 6.07) is 12.5. The summed E-state index contributed by atoms with van der Waals surface area (Å²) in [5.74, 6) is 4.96. The molecule has 7 heteroatoms. The van der Waals surface area contributed by atoms with Crippen molar-refractivity contribution in [2.45, 2.75) is 70.6 Å². The molecule has 1 aromatic heterocycles. The first kappa shape index (κ1) is 28.6. The lowest BCUT2D eigenvalue weighted by atomic mass is 9.81. The lowest BCUT2D eigenvalue weighted by Crippen LogP contribution is -2.40. The van der Waals surface area contributed by atoms with Crippen LogP contribution in [0.1, 0.15) is 67.4 Å². The molecule has 1 aliphatic carbocycles. The van der Waals surface area contributed by atoms with E-state index in [2.05, 4.69) is 29.0 Å². The Morgan fingerprint density at radius 3 is 2.67 bits per heavy atom. The third kappa shape index (κ3) is 6.02. The van der Waals surface area contributed by atoms with Gasteiger partial charge in [0.05, 0.1) is 18.6 Å². The molecule has 3 atom stereocenters. The molecule has 2 unspecified atom stereocenters. The van der Waals surface area contributed by atoms with Crippen molar-refractivity contribution in [1.29, 1.82) is 0 Å². The summed E-state index contributed by atoms with van der Waals surface area (Å²) in [4.78, 5) is 14.3. The quantitative estimate of drug-likeness (QED) is 0.210. The van der Waals surface area contributed by atoms with Crippen LogP contribution in [-0.4, -0.2) is 48.9 Å². The van der Waals surface area contributed by atoms with Gasteiger partial charge in [-0.15, -0.1) is 6.42 Å². The Labute approximate surface area is 248 Å². The van der Waals surface area contributed by atoms with Crippen molar-refractivity contribution in [1.82, 2.24) is 4.90 Å². The second-order valence-electron chi connectivity index (χ2n) is 12.2. The summed E-state index contributed by atoms with van der Waals surface area (Å²) < 4.78 is 24.1. The van der Waals surface area contributed by atoms with Crippen LogP contribution >= 0.6 is 0 Å². The topological polar surface area (TPSA) is 81.4 Å². The van der Waals surface area contributed by atoms with Gasteiger partial charge in [-0.1, -0.05) is 25.0 Å². The zero-order valence-corrected chi connectivity index (χ0v) is 24.6. The van der Waals surface area contributed by atoms with Gasteiger partial charge in [-0.05, 0) is 105 Å². The first-order valence-corrected chi connectivity index (χ1v) is 15.3. The molecule has 2 fully saturated rings. The first-order valence-electron chi connectivity index (χ1n) is 15.3. The Morgan fingerprint density at radius 1 is 1.14 bits per heavy atom. The third-order valence-corrected chi connectivity index (χ3v) is 9.50. The van der Waals surface area contributed by atoms with Crippen LogP contribution in [0.4, 0.5) is 0 Å². The number of nitrogens with zero attached hydrogens (tertiary/aromatic N) is 1. The van der Waals surface area contributed by atoms with Gasteiger partial charge in [0.25, 0.3) is 0 Å². The van der Waals surface area contributed by atoms with Crippen molar-refractivity contribution in [2.75, 3.05) is 26.8 Å². The molecule has 3 aliphatic rings. The maximum atomic E-state index is 11.8. The van der Waals surface area contributed by atoms with Gasteiger partial charge in [-0.25, -0.2) is 0 Å². The highest BCUT2D eigenvalue weighted by Gasteiger charge is 2.39. The number of furan rings is 1. The van der Waals surface area contributed by atoms with Crippen molar-refractivity contribution in [3.05, 3.63) is 58.8 Å². The predicted octanol–water partition coefficient (Wildman–Crippen LogP) is 6.41. The molecule has 0 radical (unpaired) electrons. The van der Waals surface area contributed by atoms with Crippen LogP contribution in [-0.2, 0) is 29.1 Å². The maximum Gasteiger partial charge on any atom is 0.306 e. The van der Waals surface area contributed by atoms with E-state index in [0.717, 1.165) is 97.5 Å². The van der Waals surface area contributed by atoms with Gasteiger partial charge in [0.1, 0.15) is 42.2 Å². The zero-order valence-electron chi connectivity index (χ0n) is 24.6. The van der Waals surface area contributed by atoms with E-state index in [-0.39, 0.29) is 18.6 Å². The molecule has 1 N–H and O–H groups in total. The second-order valence-corrected chi connectivity index (χ2v) is 12.2. The number of methoxy groups -OCH3 is 1. The van der Waals surface area contributed by atoms with E-state index in [0.29, 0.717) is 18.4 Å². The molecule has 6 rings (SSSR count). The van der Waals surface area contributed by atoms with E-state index in [1.807, 2.05) is 25.1 Å². The molecule has 2 aromatic carbocycles. The molecule has 7 nitrogen and oxygen atoms in total. The highest BCUT2D eigenvalue weighted by Crippen LogP contribution is 2.48. The first-order chi connectivity index (χ1) is 20.4. The van der Waals surface area contributed by atoms with Crippen LogP contribution in [0.15, 0.2) is 40.8 Å². The maximum absolute atomic E-state index is 11.8. The molecule has 2 aliphatic heterocycles. The van der Waals surface area contributed by atoms with Crippen molar-refractivity contribution in [3.63, 3.8) is 0 Å². The number of aryl methyl sites for hydroxylation is 1. The largest absolute Gasteiger partial charge is 0.496 e. The number of carboxylic acids is 1. The Hall–Kier alpha value is -3.47. The molecule has 0 bridgehead atoms. The molecule has 3 heterocycles. The Kier molecular flexibility index (Phi) is 8.46. The second kappa shape index (κ2) is 12.4. The van der Waals surface area contributed by atoms with E-state index in [1.54, 1.807) is 7.11 Å². The zero-order chi connectivity index (χ0) is 29.2. The monoisotopic (exact) mass is 571 g/mol. The van der Waals surface area contributed by atoms with Gasteiger partial charge >= 0.3 is 5.97 Å². The van der Waals surface area contributed by atoms with Crippen LogP contribution in [0.5, 0.6) is 11.5 Å². The summed E-state index contributed by atoms with van der Waals surface area (Å²) >= 11 is 0. The van der Waals surface area contributed by atoms with E-state index < -0.39 is 11.9 Å². The lowest BCUT2D eigenvalue weighted by molar-refractivity contribution is -0.142. The van der Waals surface area contributed by atoms with Crippen molar-refractivity contribution >= 4 is 16.9 Å². The number of piperidine rings is 1. The number of hydrogen-bond donors (Lipinski definition) is 1. The van der Waals surface area contributed by atoms with Gasteiger partial charge < -0.3 is 23.7 Å². The molecule has 0 spiro atoms. The summed E-state index contributed by atoms with van der Waals surface area (Å²) in [6.07, 6.45) is 11.9. The summed E-state index contributed by atoms with van der Waals surface area (Å²) in [5.41, 5.74) is 4.27. The molecule has 222 valence electrons. The number of fused-ring (bicyclic) bond motifs is 2. The van der Waals surface area contributed by atoms with E-state index in [9.17, 15) is 9.90 Å². The van der Waals surface area contributed by atoms with Crippen LogP contribution in [0.2, 0.25) is 0 Å². The van der Waals surface area contributed by atoms with Crippen molar-refractivity contribution < 1.29 is 28.5 Å². The minimum Gasteiger partial charge on any atom is -0.496 e.